The number of nitrogen functional groups attached to an aromatic ring is 1. The van der Waals surface area contributed by atoms with Crippen molar-refractivity contribution in [3.05, 3.63) is 20.8 Å². The van der Waals surface area contributed by atoms with Gasteiger partial charge < -0.3 is 11.1 Å². The number of anilines is 2. The van der Waals surface area contributed by atoms with Gasteiger partial charge in [-0.25, -0.2) is 4.79 Å². The second kappa shape index (κ2) is 5.11. The number of aromatic amines is 1. The third-order valence-corrected chi connectivity index (χ3v) is 3.51. The van der Waals surface area contributed by atoms with Gasteiger partial charge in [-0.05, 0) is 24.7 Å². The van der Waals surface area contributed by atoms with Crippen LogP contribution in [0.3, 0.4) is 0 Å². The van der Waals surface area contributed by atoms with E-state index >= 15 is 0 Å². The quantitative estimate of drug-likeness (QED) is 0.757. The maximum absolute atomic E-state index is 11.8. The zero-order valence-corrected chi connectivity index (χ0v) is 11.7. The third kappa shape index (κ3) is 2.83. The Hall–Kier alpha value is -1.72. The molecule has 1 fully saturated rings. The molecule has 0 radical (unpaired) electrons. The van der Waals surface area contributed by atoms with E-state index in [0.29, 0.717) is 18.2 Å². The van der Waals surface area contributed by atoms with Gasteiger partial charge in [-0.1, -0.05) is 20.8 Å². The Morgan fingerprint density at radius 3 is 2.58 bits per heavy atom. The number of nitrogens with zero attached hydrogens (tertiary/aromatic N) is 1. The van der Waals surface area contributed by atoms with Crippen molar-refractivity contribution < 1.29 is 0 Å². The van der Waals surface area contributed by atoms with Gasteiger partial charge in [0, 0.05) is 12.6 Å². The largest absolute Gasteiger partial charge is 0.383 e. The Bertz CT molecular complexity index is 567. The van der Waals surface area contributed by atoms with Crippen molar-refractivity contribution in [2.75, 3.05) is 11.1 Å². The minimum atomic E-state index is -0.441. The topological polar surface area (TPSA) is 92.9 Å². The number of rotatable bonds is 4. The summed E-state index contributed by atoms with van der Waals surface area (Å²) in [5.41, 5.74) is 5.44. The molecular formula is C13H22N4O2. The molecule has 1 aliphatic rings. The number of H-pyrrole nitrogens is 1. The van der Waals surface area contributed by atoms with Crippen LogP contribution in [0.4, 0.5) is 11.5 Å². The summed E-state index contributed by atoms with van der Waals surface area (Å²) in [5, 5.41) is 3.16. The van der Waals surface area contributed by atoms with E-state index in [9.17, 15) is 9.59 Å². The first-order valence-corrected chi connectivity index (χ1v) is 6.77. The Labute approximate surface area is 112 Å². The van der Waals surface area contributed by atoms with Gasteiger partial charge in [-0.3, -0.25) is 14.3 Å². The fourth-order valence-electron chi connectivity index (χ4n) is 2.50. The van der Waals surface area contributed by atoms with Crippen molar-refractivity contribution in [1.29, 1.82) is 0 Å². The minimum Gasteiger partial charge on any atom is -0.383 e. The van der Waals surface area contributed by atoms with Crippen LogP contribution >= 0.6 is 0 Å². The third-order valence-electron chi connectivity index (χ3n) is 3.51. The molecule has 19 heavy (non-hydrogen) atoms. The first-order chi connectivity index (χ1) is 8.88. The van der Waals surface area contributed by atoms with Crippen LogP contribution in [0.5, 0.6) is 0 Å². The highest BCUT2D eigenvalue weighted by Gasteiger charge is 2.27. The lowest BCUT2D eigenvalue weighted by Gasteiger charge is -2.34. The number of nitrogens with one attached hydrogen (secondary N) is 2. The predicted octanol–water partition coefficient (Wildman–Crippen LogP) is 0.985. The Kier molecular flexibility index (Phi) is 3.68. The molecule has 0 atom stereocenters. The SMILES string of the molecule is CC(C)Cn1c(N)c(NC2CC(C)C2)c(=O)[nH]c1=O. The maximum atomic E-state index is 11.8. The molecule has 4 N–H and O–H groups in total. The zero-order chi connectivity index (χ0) is 14.2. The molecule has 6 heteroatoms. The molecule has 1 heterocycles. The van der Waals surface area contributed by atoms with Gasteiger partial charge in [0.1, 0.15) is 11.5 Å². The lowest BCUT2D eigenvalue weighted by molar-refractivity contribution is 0.309. The average molecular weight is 266 g/mol. The molecule has 0 unspecified atom stereocenters. The highest BCUT2D eigenvalue weighted by Crippen LogP contribution is 2.29. The molecule has 106 valence electrons. The smallest absolute Gasteiger partial charge is 0.330 e. The second-order valence-electron chi connectivity index (χ2n) is 5.94. The van der Waals surface area contributed by atoms with Gasteiger partial charge in [-0.15, -0.1) is 0 Å². The molecule has 0 aromatic carbocycles. The summed E-state index contributed by atoms with van der Waals surface area (Å²) in [6.07, 6.45) is 2.06. The summed E-state index contributed by atoms with van der Waals surface area (Å²) < 4.78 is 1.43. The molecule has 0 aliphatic heterocycles. The van der Waals surface area contributed by atoms with Crippen molar-refractivity contribution in [2.45, 2.75) is 46.2 Å². The highest BCUT2D eigenvalue weighted by atomic mass is 16.2. The van der Waals surface area contributed by atoms with E-state index in [1.165, 1.54) is 4.57 Å². The van der Waals surface area contributed by atoms with Crippen molar-refractivity contribution in [3.63, 3.8) is 0 Å². The van der Waals surface area contributed by atoms with E-state index in [-0.39, 0.29) is 17.8 Å². The van der Waals surface area contributed by atoms with E-state index < -0.39 is 11.2 Å². The Morgan fingerprint density at radius 2 is 2.05 bits per heavy atom. The van der Waals surface area contributed by atoms with Gasteiger partial charge in [0.15, 0.2) is 0 Å². The first kappa shape index (κ1) is 13.7. The molecule has 0 amide bonds. The predicted molar refractivity (Wildman–Crippen MR) is 76.4 cm³/mol. The van der Waals surface area contributed by atoms with Gasteiger partial charge >= 0.3 is 5.69 Å². The monoisotopic (exact) mass is 266 g/mol. The summed E-state index contributed by atoms with van der Waals surface area (Å²) in [7, 11) is 0. The van der Waals surface area contributed by atoms with Crippen LogP contribution in [0.25, 0.3) is 0 Å². The van der Waals surface area contributed by atoms with Crippen LogP contribution in [0, 0.1) is 11.8 Å². The van der Waals surface area contributed by atoms with Gasteiger partial charge in [0.2, 0.25) is 0 Å². The number of nitrogens with two attached hydrogens (primary N) is 1. The highest BCUT2D eigenvalue weighted by molar-refractivity contribution is 5.61. The van der Waals surface area contributed by atoms with Crippen molar-refractivity contribution in [1.82, 2.24) is 9.55 Å². The first-order valence-electron chi connectivity index (χ1n) is 6.77. The molecular weight excluding hydrogens is 244 g/mol. The fourth-order valence-corrected chi connectivity index (χ4v) is 2.50. The van der Waals surface area contributed by atoms with Gasteiger partial charge in [-0.2, -0.15) is 0 Å². The van der Waals surface area contributed by atoms with E-state index in [2.05, 4.69) is 17.2 Å². The van der Waals surface area contributed by atoms with Crippen LogP contribution in [-0.4, -0.2) is 15.6 Å². The summed E-state index contributed by atoms with van der Waals surface area (Å²) in [5.74, 6) is 1.20. The number of hydrogen-bond acceptors (Lipinski definition) is 4. The molecule has 1 aromatic rings. The van der Waals surface area contributed by atoms with Crippen molar-refractivity contribution in [3.8, 4) is 0 Å². The molecule has 0 saturated heterocycles. The molecule has 1 aliphatic carbocycles. The van der Waals surface area contributed by atoms with Crippen molar-refractivity contribution >= 4 is 11.5 Å². The summed E-state index contributed by atoms with van der Waals surface area (Å²) in [6.45, 7) is 6.66. The summed E-state index contributed by atoms with van der Waals surface area (Å²) in [4.78, 5) is 25.9. The van der Waals surface area contributed by atoms with E-state index in [0.717, 1.165) is 12.8 Å². The maximum Gasteiger partial charge on any atom is 0.330 e. The number of hydrogen-bond donors (Lipinski definition) is 3. The molecule has 2 rings (SSSR count). The molecule has 0 spiro atoms. The van der Waals surface area contributed by atoms with Gasteiger partial charge in [0.05, 0.1) is 0 Å². The molecule has 1 aromatic heterocycles. The zero-order valence-electron chi connectivity index (χ0n) is 11.7. The van der Waals surface area contributed by atoms with E-state index in [1.807, 2.05) is 13.8 Å². The standard InChI is InChI=1S/C13H22N4O2/c1-7(2)6-17-11(14)10(12(18)16-13(17)19)15-9-4-8(3)5-9/h7-9,15H,4-6,14H2,1-3H3,(H,16,18,19). The second-order valence-corrected chi connectivity index (χ2v) is 5.94. The molecule has 0 bridgehead atoms. The van der Waals surface area contributed by atoms with Crippen LogP contribution in [0.1, 0.15) is 33.6 Å². The van der Waals surface area contributed by atoms with Crippen LogP contribution < -0.4 is 22.3 Å². The van der Waals surface area contributed by atoms with Crippen LogP contribution in [-0.2, 0) is 6.54 Å². The Morgan fingerprint density at radius 1 is 1.42 bits per heavy atom. The van der Waals surface area contributed by atoms with Crippen LogP contribution in [0.15, 0.2) is 9.59 Å². The summed E-state index contributed by atoms with van der Waals surface area (Å²) >= 11 is 0. The van der Waals surface area contributed by atoms with Crippen molar-refractivity contribution in [2.24, 2.45) is 11.8 Å². The minimum absolute atomic E-state index is 0.238. The Balaban J connectivity index is 2.32. The van der Waals surface area contributed by atoms with Crippen LogP contribution in [0.2, 0.25) is 0 Å². The average Bonchev–Trinajstić information content (AvgIpc) is 2.27. The normalized spacial score (nSPS) is 22.3. The lowest BCUT2D eigenvalue weighted by atomic mass is 9.82. The molecule has 6 nitrogen and oxygen atoms in total. The van der Waals surface area contributed by atoms with E-state index in [4.69, 9.17) is 5.73 Å². The fraction of sp³-hybridized carbons (Fsp3) is 0.692. The molecule has 1 saturated carbocycles. The van der Waals surface area contributed by atoms with E-state index in [1.54, 1.807) is 0 Å². The van der Waals surface area contributed by atoms with Gasteiger partial charge in [0.25, 0.3) is 5.56 Å². The number of aromatic nitrogens is 2. The summed E-state index contributed by atoms with van der Waals surface area (Å²) in [6, 6.07) is 0.281. The lowest BCUT2D eigenvalue weighted by Crippen LogP contribution is -2.40.